The second-order valence-electron chi connectivity index (χ2n) is 7.97. The highest BCUT2D eigenvalue weighted by Gasteiger charge is 2.40. The van der Waals surface area contributed by atoms with Crippen LogP contribution in [0.15, 0.2) is 46.8 Å². The average molecular weight is 411 g/mol. The SMILES string of the molecule is CCOc1ccccc1C1C(C(=O)OCC2CCCO2)=C(C)NC2=C1C(=O)CCC2. The number of allylic oxidation sites excluding steroid dienone is 3. The molecule has 160 valence electrons. The van der Waals surface area contributed by atoms with Gasteiger partial charge in [0.25, 0.3) is 0 Å². The molecular formula is C24H29NO5. The van der Waals surface area contributed by atoms with Gasteiger partial charge < -0.3 is 19.5 Å². The molecule has 1 aromatic rings. The summed E-state index contributed by atoms with van der Waals surface area (Å²) < 4.78 is 17.1. The molecule has 2 unspecified atom stereocenters. The minimum absolute atomic E-state index is 0.0494. The standard InChI is InChI=1S/C24H29NO5/c1-3-28-20-12-5-4-9-17(20)22-21(24(27)30-14-16-8-7-13-29-16)15(2)25-18-10-6-11-19(26)23(18)22/h4-5,9,12,16,22,25H,3,6-8,10-11,13-14H2,1-2H3. The molecule has 30 heavy (non-hydrogen) atoms. The van der Waals surface area contributed by atoms with E-state index in [1.54, 1.807) is 0 Å². The number of dihydropyridines is 1. The summed E-state index contributed by atoms with van der Waals surface area (Å²) >= 11 is 0. The lowest BCUT2D eigenvalue weighted by Crippen LogP contribution is -2.35. The van der Waals surface area contributed by atoms with Crippen molar-refractivity contribution in [2.45, 2.75) is 58.0 Å². The van der Waals surface area contributed by atoms with Gasteiger partial charge in [-0.1, -0.05) is 18.2 Å². The number of carbonyl (C=O) groups excluding carboxylic acids is 2. The van der Waals surface area contributed by atoms with Crippen molar-refractivity contribution in [3.63, 3.8) is 0 Å². The molecule has 2 atom stereocenters. The van der Waals surface area contributed by atoms with E-state index in [4.69, 9.17) is 14.2 Å². The highest BCUT2D eigenvalue weighted by atomic mass is 16.6. The van der Waals surface area contributed by atoms with E-state index in [0.717, 1.165) is 42.6 Å². The lowest BCUT2D eigenvalue weighted by molar-refractivity contribution is -0.142. The molecule has 0 radical (unpaired) electrons. The first kappa shape index (κ1) is 20.7. The van der Waals surface area contributed by atoms with Crippen molar-refractivity contribution in [3.8, 4) is 5.75 Å². The molecule has 0 saturated carbocycles. The molecule has 2 aliphatic heterocycles. The van der Waals surface area contributed by atoms with Crippen LogP contribution in [0.4, 0.5) is 0 Å². The lowest BCUT2D eigenvalue weighted by Gasteiger charge is -2.34. The number of benzene rings is 1. The molecule has 1 fully saturated rings. The fourth-order valence-corrected chi connectivity index (χ4v) is 4.59. The highest BCUT2D eigenvalue weighted by Crippen LogP contribution is 2.45. The zero-order valence-corrected chi connectivity index (χ0v) is 17.7. The Morgan fingerprint density at radius 2 is 2.07 bits per heavy atom. The maximum atomic E-state index is 13.2. The number of Topliss-reactive ketones (excluding diaryl/α,β-unsaturated/α-hetero) is 1. The van der Waals surface area contributed by atoms with Crippen LogP contribution in [-0.4, -0.2) is 37.7 Å². The molecule has 0 bridgehead atoms. The monoisotopic (exact) mass is 411 g/mol. The number of esters is 1. The van der Waals surface area contributed by atoms with Crippen LogP contribution in [0.25, 0.3) is 0 Å². The maximum absolute atomic E-state index is 13.2. The Hall–Kier alpha value is -2.60. The lowest BCUT2D eigenvalue weighted by atomic mass is 9.75. The van der Waals surface area contributed by atoms with Gasteiger partial charge in [-0.25, -0.2) is 4.79 Å². The Labute approximate surface area is 177 Å². The van der Waals surface area contributed by atoms with Gasteiger partial charge in [-0.2, -0.15) is 0 Å². The van der Waals surface area contributed by atoms with E-state index in [1.165, 1.54) is 0 Å². The first-order valence-corrected chi connectivity index (χ1v) is 10.8. The molecule has 1 N–H and O–H groups in total. The van der Waals surface area contributed by atoms with Crippen LogP contribution < -0.4 is 10.1 Å². The van der Waals surface area contributed by atoms with Crippen LogP contribution in [0, 0.1) is 0 Å². The van der Waals surface area contributed by atoms with Gasteiger partial charge in [-0.05, 0) is 45.6 Å². The number of hydrogen-bond donors (Lipinski definition) is 1. The largest absolute Gasteiger partial charge is 0.494 e. The maximum Gasteiger partial charge on any atom is 0.336 e. The minimum Gasteiger partial charge on any atom is -0.494 e. The molecule has 1 aromatic carbocycles. The zero-order valence-electron chi connectivity index (χ0n) is 17.7. The van der Waals surface area contributed by atoms with E-state index in [1.807, 2.05) is 38.1 Å². The number of nitrogens with one attached hydrogen (secondary N) is 1. The predicted octanol–water partition coefficient (Wildman–Crippen LogP) is 3.78. The van der Waals surface area contributed by atoms with Crippen molar-refractivity contribution in [1.82, 2.24) is 5.32 Å². The van der Waals surface area contributed by atoms with E-state index in [9.17, 15) is 9.59 Å². The number of ketones is 1. The quantitative estimate of drug-likeness (QED) is 0.719. The summed E-state index contributed by atoms with van der Waals surface area (Å²) in [6.07, 6.45) is 3.94. The normalized spacial score (nSPS) is 23.9. The molecule has 4 rings (SSSR count). The van der Waals surface area contributed by atoms with E-state index >= 15 is 0 Å². The Bertz CT molecular complexity index is 895. The van der Waals surface area contributed by atoms with Gasteiger partial charge in [0.05, 0.1) is 24.2 Å². The van der Waals surface area contributed by atoms with Crippen molar-refractivity contribution in [1.29, 1.82) is 0 Å². The second-order valence-corrected chi connectivity index (χ2v) is 7.97. The summed E-state index contributed by atoms with van der Waals surface area (Å²) in [6.45, 7) is 5.24. The molecule has 0 amide bonds. The molecule has 1 aliphatic carbocycles. The van der Waals surface area contributed by atoms with Gasteiger partial charge in [0.1, 0.15) is 12.4 Å². The number of carbonyl (C=O) groups is 2. The van der Waals surface area contributed by atoms with Gasteiger partial charge >= 0.3 is 5.97 Å². The van der Waals surface area contributed by atoms with Crippen LogP contribution in [0.1, 0.15) is 57.4 Å². The summed E-state index contributed by atoms with van der Waals surface area (Å²) in [6, 6.07) is 7.64. The van der Waals surface area contributed by atoms with E-state index in [2.05, 4.69) is 5.32 Å². The van der Waals surface area contributed by atoms with E-state index in [0.29, 0.717) is 36.5 Å². The molecule has 0 spiro atoms. The molecule has 6 heteroatoms. The third-order valence-electron chi connectivity index (χ3n) is 5.95. The third-order valence-corrected chi connectivity index (χ3v) is 5.95. The van der Waals surface area contributed by atoms with Gasteiger partial charge in [-0.3, -0.25) is 4.79 Å². The van der Waals surface area contributed by atoms with E-state index < -0.39 is 11.9 Å². The molecule has 1 saturated heterocycles. The van der Waals surface area contributed by atoms with E-state index in [-0.39, 0.29) is 18.5 Å². The van der Waals surface area contributed by atoms with Crippen molar-refractivity contribution in [3.05, 3.63) is 52.4 Å². The van der Waals surface area contributed by atoms with Gasteiger partial charge in [0.15, 0.2) is 5.78 Å². The molecular weight excluding hydrogens is 382 g/mol. The average Bonchev–Trinajstić information content (AvgIpc) is 3.26. The molecule has 2 heterocycles. The Morgan fingerprint density at radius 3 is 2.83 bits per heavy atom. The Kier molecular flexibility index (Phi) is 6.23. The fraction of sp³-hybridized carbons (Fsp3) is 0.500. The van der Waals surface area contributed by atoms with Crippen molar-refractivity contribution < 1.29 is 23.8 Å². The number of ether oxygens (including phenoxy) is 3. The number of para-hydroxylation sites is 1. The van der Waals surface area contributed by atoms with Gasteiger partial charge in [0.2, 0.25) is 0 Å². The van der Waals surface area contributed by atoms with Crippen molar-refractivity contribution in [2.75, 3.05) is 19.8 Å². The van der Waals surface area contributed by atoms with Crippen LogP contribution in [0.2, 0.25) is 0 Å². The Balaban J connectivity index is 1.73. The van der Waals surface area contributed by atoms with Crippen LogP contribution in [0.3, 0.4) is 0 Å². The zero-order chi connectivity index (χ0) is 21.1. The highest BCUT2D eigenvalue weighted by molar-refractivity contribution is 6.04. The molecule has 3 aliphatic rings. The summed E-state index contributed by atoms with van der Waals surface area (Å²) in [5.74, 6) is -0.128. The first-order chi connectivity index (χ1) is 14.6. The van der Waals surface area contributed by atoms with Crippen molar-refractivity contribution in [2.24, 2.45) is 0 Å². The summed E-state index contributed by atoms with van der Waals surface area (Å²) in [5.41, 5.74) is 3.62. The van der Waals surface area contributed by atoms with Crippen LogP contribution in [-0.2, 0) is 19.1 Å². The molecule has 0 aromatic heterocycles. The first-order valence-electron chi connectivity index (χ1n) is 10.8. The summed E-state index contributed by atoms with van der Waals surface area (Å²) in [4.78, 5) is 26.2. The number of rotatable bonds is 6. The van der Waals surface area contributed by atoms with Crippen LogP contribution >= 0.6 is 0 Å². The smallest absolute Gasteiger partial charge is 0.336 e. The summed E-state index contributed by atoms with van der Waals surface area (Å²) in [5, 5.41) is 3.32. The van der Waals surface area contributed by atoms with Crippen molar-refractivity contribution >= 4 is 11.8 Å². The van der Waals surface area contributed by atoms with Crippen LogP contribution in [0.5, 0.6) is 5.75 Å². The predicted molar refractivity (Wildman–Crippen MR) is 112 cm³/mol. The third kappa shape index (κ3) is 4.01. The molecule has 6 nitrogen and oxygen atoms in total. The number of hydrogen-bond acceptors (Lipinski definition) is 6. The Morgan fingerprint density at radius 1 is 1.23 bits per heavy atom. The topological polar surface area (TPSA) is 73.9 Å². The second kappa shape index (κ2) is 9.04. The summed E-state index contributed by atoms with van der Waals surface area (Å²) in [7, 11) is 0. The van der Waals surface area contributed by atoms with Gasteiger partial charge in [0, 0.05) is 35.6 Å². The van der Waals surface area contributed by atoms with Gasteiger partial charge in [-0.15, -0.1) is 0 Å². The minimum atomic E-state index is -0.492. The fourth-order valence-electron chi connectivity index (χ4n) is 4.59.